The highest BCUT2D eigenvalue weighted by Crippen LogP contribution is 2.28. The van der Waals surface area contributed by atoms with Crippen molar-refractivity contribution in [1.29, 1.82) is 0 Å². The minimum atomic E-state index is -3.11. The van der Waals surface area contributed by atoms with Crippen molar-refractivity contribution in [3.63, 3.8) is 0 Å². The average molecular weight is 190 g/mol. The van der Waals surface area contributed by atoms with Gasteiger partial charge in [-0.05, 0) is 13.0 Å². The molecule has 1 fully saturated rings. The maximum absolute atomic E-state index is 12.4. The number of alkyl halides is 3. The Morgan fingerprint density at radius 1 is 1.27 bits per heavy atom. The van der Waals surface area contributed by atoms with Crippen molar-refractivity contribution < 1.29 is 13.2 Å². The number of halogens is 4. The van der Waals surface area contributed by atoms with Gasteiger partial charge >= 0.3 is 0 Å². The molecule has 1 rings (SSSR count). The monoisotopic (exact) mass is 189 g/mol. The van der Waals surface area contributed by atoms with Crippen molar-refractivity contribution in [3.8, 4) is 0 Å². The number of hydrogen-bond acceptors (Lipinski definition) is 1. The van der Waals surface area contributed by atoms with Crippen LogP contribution in [0.25, 0.3) is 0 Å². The number of hydrogen-bond donors (Lipinski definition) is 1. The van der Waals surface area contributed by atoms with E-state index in [1.54, 1.807) is 0 Å². The molecule has 0 aromatic heterocycles. The highest BCUT2D eigenvalue weighted by atomic mass is 35.5. The summed E-state index contributed by atoms with van der Waals surface area (Å²) in [7, 11) is 0. The van der Waals surface area contributed by atoms with Crippen molar-refractivity contribution in [2.24, 2.45) is 0 Å². The van der Waals surface area contributed by atoms with Crippen LogP contribution < -0.4 is 5.32 Å². The van der Waals surface area contributed by atoms with Crippen LogP contribution in [0.1, 0.15) is 12.8 Å². The quantitative estimate of drug-likeness (QED) is 0.613. The summed E-state index contributed by atoms with van der Waals surface area (Å²) >= 11 is 0. The van der Waals surface area contributed by atoms with E-state index in [-0.39, 0.29) is 31.8 Å². The predicted octanol–water partition coefficient (Wildman–Crippen LogP) is 1.77. The van der Waals surface area contributed by atoms with E-state index in [4.69, 9.17) is 0 Å². The van der Waals surface area contributed by atoms with Crippen molar-refractivity contribution in [2.45, 2.75) is 24.9 Å². The fourth-order valence-corrected chi connectivity index (χ4v) is 0.977. The molecule has 1 N–H and O–H groups in total. The molecular weight excluding hydrogens is 179 g/mol. The van der Waals surface area contributed by atoms with Crippen LogP contribution >= 0.6 is 12.4 Å². The third-order valence-electron chi connectivity index (χ3n) is 1.67. The maximum Gasteiger partial charge on any atom is 0.279 e. The first-order valence-corrected chi connectivity index (χ1v) is 3.35. The van der Waals surface area contributed by atoms with E-state index in [1.165, 1.54) is 0 Å². The molecule has 0 radical (unpaired) electrons. The first-order valence-electron chi connectivity index (χ1n) is 3.35. The molecule has 0 aromatic rings. The Bertz CT molecular complexity index is 120. The van der Waals surface area contributed by atoms with Gasteiger partial charge in [0.1, 0.15) is 0 Å². The molecule has 1 aliphatic heterocycles. The topological polar surface area (TPSA) is 12.0 Å². The Balaban J connectivity index is 0.000001000. The van der Waals surface area contributed by atoms with E-state index in [0.717, 1.165) is 0 Å². The van der Waals surface area contributed by atoms with Gasteiger partial charge in [-0.25, -0.2) is 13.2 Å². The van der Waals surface area contributed by atoms with Crippen LogP contribution in [0.4, 0.5) is 13.2 Å². The standard InChI is InChI=1S/C6H10F3N.ClH/c7-5-1-3-10-4-2-6(5,8)9;/h5,10H,1-4H2;1H/t5-;/m0./s1. The van der Waals surface area contributed by atoms with E-state index < -0.39 is 12.1 Å². The maximum atomic E-state index is 12.4. The zero-order valence-electron chi connectivity index (χ0n) is 5.95. The first-order chi connectivity index (χ1) is 4.63. The second-order valence-electron chi connectivity index (χ2n) is 2.52. The SMILES string of the molecule is Cl.F[C@H]1CCNCCC1(F)F. The van der Waals surface area contributed by atoms with Gasteiger partial charge in [-0.15, -0.1) is 12.4 Å². The van der Waals surface area contributed by atoms with E-state index in [1.807, 2.05) is 0 Å². The molecule has 1 nitrogen and oxygen atoms in total. The molecule has 1 atom stereocenters. The van der Waals surface area contributed by atoms with Crippen molar-refractivity contribution in [3.05, 3.63) is 0 Å². The lowest BCUT2D eigenvalue weighted by Crippen LogP contribution is -2.29. The number of nitrogens with one attached hydrogen (secondary N) is 1. The molecule has 5 heteroatoms. The number of rotatable bonds is 0. The normalized spacial score (nSPS) is 30.3. The van der Waals surface area contributed by atoms with Gasteiger partial charge < -0.3 is 5.32 Å². The Morgan fingerprint density at radius 3 is 2.55 bits per heavy atom. The highest BCUT2D eigenvalue weighted by molar-refractivity contribution is 5.85. The first kappa shape index (κ1) is 11.0. The summed E-state index contributed by atoms with van der Waals surface area (Å²) in [5.74, 6) is -3.11. The van der Waals surface area contributed by atoms with Crippen LogP contribution in [-0.2, 0) is 0 Å². The minimum absolute atomic E-state index is 0. The van der Waals surface area contributed by atoms with Gasteiger partial charge in [0.15, 0.2) is 6.17 Å². The van der Waals surface area contributed by atoms with Gasteiger partial charge in [0.05, 0.1) is 0 Å². The minimum Gasteiger partial charge on any atom is -0.316 e. The van der Waals surface area contributed by atoms with Gasteiger partial charge in [-0.1, -0.05) is 0 Å². The molecule has 0 aliphatic carbocycles. The molecule has 0 bridgehead atoms. The molecular formula is C6H11ClF3N. The predicted molar refractivity (Wildman–Crippen MR) is 39.2 cm³/mol. The van der Waals surface area contributed by atoms with Crippen LogP contribution in [0.15, 0.2) is 0 Å². The average Bonchev–Trinajstić information content (AvgIpc) is 1.96. The zero-order valence-corrected chi connectivity index (χ0v) is 6.76. The zero-order chi connectivity index (χ0) is 7.61. The Kier molecular flexibility index (Phi) is 4.18. The molecule has 0 saturated carbocycles. The smallest absolute Gasteiger partial charge is 0.279 e. The molecule has 1 saturated heterocycles. The van der Waals surface area contributed by atoms with Crippen molar-refractivity contribution >= 4 is 12.4 Å². The van der Waals surface area contributed by atoms with Gasteiger partial charge in [0.25, 0.3) is 5.92 Å². The summed E-state index contributed by atoms with van der Waals surface area (Å²) in [5.41, 5.74) is 0. The Hall–Kier alpha value is 0.0400. The summed E-state index contributed by atoms with van der Waals surface area (Å²) in [6, 6.07) is 0. The fraction of sp³-hybridized carbons (Fsp3) is 1.00. The fourth-order valence-electron chi connectivity index (χ4n) is 0.977. The van der Waals surface area contributed by atoms with Crippen molar-refractivity contribution in [2.75, 3.05) is 13.1 Å². The molecule has 0 aromatic carbocycles. The molecule has 68 valence electrons. The third kappa shape index (κ3) is 2.87. The summed E-state index contributed by atoms with van der Waals surface area (Å²) in [4.78, 5) is 0. The largest absolute Gasteiger partial charge is 0.316 e. The van der Waals surface area contributed by atoms with E-state index in [2.05, 4.69) is 5.32 Å². The summed E-state index contributed by atoms with van der Waals surface area (Å²) in [6.45, 7) is 0.574. The second-order valence-corrected chi connectivity index (χ2v) is 2.52. The van der Waals surface area contributed by atoms with Crippen molar-refractivity contribution in [1.82, 2.24) is 5.32 Å². The van der Waals surface area contributed by atoms with Crippen LogP contribution in [0.2, 0.25) is 0 Å². The van der Waals surface area contributed by atoms with E-state index in [0.29, 0.717) is 6.54 Å². The molecule has 0 unspecified atom stereocenters. The van der Waals surface area contributed by atoms with Crippen LogP contribution in [0.5, 0.6) is 0 Å². The lowest BCUT2D eigenvalue weighted by molar-refractivity contribution is -0.0732. The van der Waals surface area contributed by atoms with Crippen LogP contribution in [-0.4, -0.2) is 25.2 Å². The summed E-state index contributed by atoms with van der Waals surface area (Å²) in [5, 5.41) is 2.71. The summed E-state index contributed by atoms with van der Waals surface area (Å²) in [6.07, 6.45) is -2.41. The Morgan fingerprint density at radius 2 is 1.91 bits per heavy atom. The second kappa shape index (κ2) is 4.16. The lowest BCUT2D eigenvalue weighted by Gasteiger charge is -2.16. The lowest BCUT2D eigenvalue weighted by atomic mass is 10.1. The van der Waals surface area contributed by atoms with Gasteiger partial charge in [0.2, 0.25) is 0 Å². The van der Waals surface area contributed by atoms with Gasteiger partial charge in [-0.3, -0.25) is 0 Å². The van der Waals surface area contributed by atoms with E-state index in [9.17, 15) is 13.2 Å². The van der Waals surface area contributed by atoms with Crippen LogP contribution in [0.3, 0.4) is 0 Å². The highest BCUT2D eigenvalue weighted by Gasteiger charge is 2.40. The molecule has 11 heavy (non-hydrogen) atoms. The third-order valence-corrected chi connectivity index (χ3v) is 1.67. The van der Waals surface area contributed by atoms with E-state index >= 15 is 0 Å². The molecule has 0 spiro atoms. The molecule has 0 amide bonds. The van der Waals surface area contributed by atoms with Gasteiger partial charge in [0, 0.05) is 13.0 Å². The summed E-state index contributed by atoms with van der Waals surface area (Å²) < 4.78 is 37.3. The molecule has 1 aliphatic rings. The van der Waals surface area contributed by atoms with Gasteiger partial charge in [-0.2, -0.15) is 0 Å². The molecule has 1 heterocycles. The Labute approximate surface area is 69.8 Å². The van der Waals surface area contributed by atoms with Crippen LogP contribution in [0, 0.1) is 0 Å².